The molecule has 0 radical (unpaired) electrons. The lowest BCUT2D eigenvalue weighted by Gasteiger charge is -2.33. The first-order valence-corrected chi connectivity index (χ1v) is 8.93. The maximum Gasteiger partial charge on any atom is 0.243 e. The number of piperazine rings is 1. The fourth-order valence-electron chi connectivity index (χ4n) is 2.31. The number of terminal acetylenes is 1. The van der Waals surface area contributed by atoms with Crippen molar-refractivity contribution in [3.63, 3.8) is 0 Å². The SMILES string of the molecule is C#CCNC(=O)CN1CCN(S(=O)(=O)c2cccc(Cl)c2)CC1. The topological polar surface area (TPSA) is 69.7 Å². The van der Waals surface area contributed by atoms with Crippen molar-refractivity contribution in [3.05, 3.63) is 29.3 Å². The zero-order valence-electron chi connectivity index (χ0n) is 12.5. The highest BCUT2D eigenvalue weighted by Gasteiger charge is 2.29. The molecule has 2 rings (SSSR count). The van der Waals surface area contributed by atoms with Gasteiger partial charge in [-0.3, -0.25) is 9.69 Å². The third kappa shape index (κ3) is 4.69. The predicted octanol–water partition coefficient (Wildman–Crippen LogP) is 0.396. The van der Waals surface area contributed by atoms with E-state index in [-0.39, 0.29) is 23.9 Å². The summed E-state index contributed by atoms with van der Waals surface area (Å²) in [4.78, 5) is 13.7. The smallest absolute Gasteiger partial charge is 0.243 e. The molecule has 0 spiro atoms. The summed E-state index contributed by atoms with van der Waals surface area (Å²) in [6, 6.07) is 6.21. The Morgan fingerprint density at radius 3 is 2.61 bits per heavy atom. The van der Waals surface area contributed by atoms with E-state index in [0.29, 0.717) is 31.2 Å². The average Bonchev–Trinajstić information content (AvgIpc) is 2.53. The molecule has 0 saturated carbocycles. The molecular weight excluding hydrogens is 338 g/mol. The summed E-state index contributed by atoms with van der Waals surface area (Å²) in [6.45, 7) is 2.05. The van der Waals surface area contributed by atoms with E-state index in [9.17, 15) is 13.2 Å². The van der Waals surface area contributed by atoms with Gasteiger partial charge in [0.15, 0.2) is 0 Å². The third-order valence-corrected chi connectivity index (χ3v) is 5.65. The summed E-state index contributed by atoms with van der Waals surface area (Å²) >= 11 is 5.86. The largest absolute Gasteiger partial charge is 0.344 e. The standard InChI is InChI=1S/C15H18ClN3O3S/c1-2-6-17-15(20)12-18-7-9-19(10-8-18)23(21,22)14-5-3-4-13(16)11-14/h1,3-5,11H,6-10,12H2,(H,17,20). The Morgan fingerprint density at radius 2 is 2.00 bits per heavy atom. The fourth-order valence-corrected chi connectivity index (χ4v) is 4.04. The van der Waals surface area contributed by atoms with Gasteiger partial charge in [-0.1, -0.05) is 23.6 Å². The van der Waals surface area contributed by atoms with Crippen molar-refractivity contribution in [3.8, 4) is 12.3 Å². The van der Waals surface area contributed by atoms with Gasteiger partial charge < -0.3 is 5.32 Å². The summed E-state index contributed by atoms with van der Waals surface area (Å²) in [5, 5.41) is 2.97. The highest BCUT2D eigenvalue weighted by molar-refractivity contribution is 7.89. The van der Waals surface area contributed by atoms with Gasteiger partial charge in [0.1, 0.15) is 0 Å². The Kier molecular flexibility index (Phi) is 6.02. The van der Waals surface area contributed by atoms with E-state index < -0.39 is 10.0 Å². The number of hydrogen-bond donors (Lipinski definition) is 1. The van der Waals surface area contributed by atoms with E-state index >= 15 is 0 Å². The summed E-state index contributed by atoms with van der Waals surface area (Å²) in [5.41, 5.74) is 0. The lowest BCUT2D eigenvalue weighted by Crippen LogP contribution is -2.51. The van der Waals surface area contributed by atoms with Crippen LogP contribution >= 0.6 is 11.6 Å². The van der Waals surface area contributed by atoms with Crippen molar-refractivity contribution in [1.82, 2.24) is 14.5 Å². The number of rotatable bonds is 5. The van der Waals surface area contributed by atoms with Crippen LogP contribution in [0.15, 0.2) is 29.2 Å². The van der Waals surface area contributed by atoms with E-state index in [4.69, 9.17) is 18.0 Å². The van der Waals surface area contributed by atoms with E-state index in [2.05, 4.69) is 11.2 Å². The van der Waals surface area contributed by atoms with Gasteiger partial charge >= 0.3 is 0 Å². The molecule has 0 unspecified atom stereocenters. The molecule has 1 amide bonds. The van der Waals surface area contributed by atoms with Crippen LogP contribution in [0.4, 0.5) is 0 Å². The minimum absolute atomic E-state index is 0.158. The molecule has 1 aromatic rings. The van der Waals surface area contributed by atoms with Crippen molar-refractivity contribution >= 4 is 27.5 Å². The van der Waals surface area contributed by atoms with E-state index in [1.807, 2.05) is 4.90 Å². The van der Waals surface area contributed by atoms with Crippen LogP contribution in [0.25, 0.3) is 0 Å². The number of carbonyl (C=O) groups excluding carboxylic acids is 1. The lowest BCUT2D eigenvalue weighted by atomic mass is 10.3. The normalized spacial score (nSPS) is 16.7. The average molecular weight is 356 g/mol. The molecule has 0 aromatic heterocycles. The summed E-state index contributed by atoms with van der Waals surface area (Å²) in [7, 11) is -3.56. The number of hydrogen-bond acceptors (Lipinski definition) is 4. The van der Waals surface area contributed by atoms with Crippen LogP contribution in [0.1, 0.15) is 0 Å². The number of benzene rings is 1. The summed E-state index contributed by atoms with van der Waals surface area (Å²) in [5.74, 6) is 2.18. The van der Waals surface area contributed by atoms with Crippen molar-refractivity contribution < 1.29 is 13.2 Å². The second kappa shape index (κ2) is 7.79. The van der Waals surface area contributed by atoms with Gasteiger partial charge in [-0.05, 0) is 18.2 Å². The number of halogens is 1. The Bertz CT molecular complexity index is 707. The van der Waals surface area contributed by atoms with Crippen molar-refractivity contribution in [2.24, 2.45) is 0 Å². The molecule has 124 valence electrons. The molecule has 1 aromatic carbocycles. The molecule has 0 aliphatic carbocycles. The molecule has 1 heterocycles. The van der Waals surface area contributed by atoms with Gasteiger partial charge in [-0.25, -0.2) is 8.42 Å². The highest BCUT2D eigenvalue weighted by Crippen LogP contribution is 2.20. The molecule has 6 nitrogen and oxygen atoms in total. The minimum atomic E-state index is -3.56. The number of sulfonamides is 1. The van der Waals surface area contributed by atoms with Gasteiger partial charge in [-0.2, -0.15) is 4.31 Å². The predicted molar refractivity (Wildman–Crippen MR) is 88.5 cm³/mol. The van der Waals surface area contributed by atoms with Crippen LogP contribution in [-0.2, 0) is 14.8 Å². The first-order chi connectivity index (χ1) is 10.9. The molecular formula is C15H18ClN3O3S. The number of carbonyl (C=O) groups is 1. The summed E-state index contributed by atoms with van der Waals surface area (Å²) in [6.07, 6.45) is 5.08. The van der Waals surface area contributed by atoms with Crippen LogP contribution in [0, 0.1) is 12.3 Å². The summed E-state index contributed by atoms with van der Waals surface area (Å²) < 4.78 is 26.5. The van der Waals surface area contributed by atoms with Crippen LogP contribution in [-0.4, -0.2) is 62.8 Å². The first-order valence-electron chi connectivity index (χ1n) is 7.11. The molecule has 0 bridgehead atoms. The quantitative estimate of drug-likeness (QED) is 0.776. The molecule has 1 aliphatic heterocycles. The van der Waals surface area contributed by atoms with Crippen molar-refractivity contribution in [2.75, 3.05) is 39.3 Å². The second-order valence-electron chi connectivity index (χ2n) is 5.12. The Balaban J connectivity index is 1.94. The van der Waals surface area contributed by atoms with Crippen molar-refractivity contribution in [1.29, 1.82) is 0 Å². The first kappa shape index (κ1) is 17.8. The van der Waals surface area contributed by atoms with Crippen LogP contribution < -0.4 is 5.32 Å². The highest BCUT2D eigenvalue weighted by atomic mass is 35.5. The maximum absolute atomic E-state index is 12.6. The minimum Gasteiger partial charge on any atom is -0.344 e. The van der Waals surface area contributed by atoms with Crippen LogP contribution in [0.2, 0.25) is 5.02 Å². The molecule has 1 fully saturated rings. The van der Waals surface area contributed by atoms with E-state index in [0.717, 1.165) is 0 Å². The Labute approximate surface area is 141 Å². The van der Waals surface area contributed by atoms with E-state index in [1.54, 1.807) is 12.1 Å². The van der Waals surface area contributed by atoms with Crippen LogP contribution in [0.5, 0.6) is 0 Å². The van der Waals surface area contributed by atoms with Gasteiger partial charge in [0.2, 0.25) is 15.9 Å². The molecule has 1 N–H and O–H groups in total. The molecule has 0 atom stereocenters. The van der Waals surface area contributed by atoms with Crippen LogP contribution in [0.3, 0.4) is 0 Å². The molecule has 1 saturated heterocycles. The molecule has 1 aliphatic rings. The fraction of sp³-hybridized carbons (Fsp3) is 0.400. The van der Waals surface area contributed by atoms with Gasteiger partial charge in [0.25, 0.3) is 0 Å². The Morgan fingerprint density at radius 1 is 1.30 bits per heavy atom. The van der Waals surface area contributed by atoms with Crippen molar-refractivity contribution in [2.45, 2.75) is 4.90 Å². The second-order valence-corrected chi connectivity index (χ2v) is 7.49. The van der Waals surface area contributed by atoms with Gasteiger partial charge in [0, 0.05) is 31.2 Å². The third-order valence-electron chi connectivity index (χ3n) is 3.52. The maximum atomic E-state index is 12.6. The lowest BCUT2D eigenvalue weighted by molar-refractivity contribution is -0.122. The van der Waals surface area contributed by atoms with Gasteiger partial charge in [-0.15, -0.1) is 6.42 Å². The zero-order chi connectivity index (χ0) is 16.9. The van der Waals surface area contributed by atoms with E-state index in [1.165, 1.54) is 16.4 Å². The molecule has 23 heavy (non-hydrogen) atoms. The number of nitrogens with zero attached hydrogens (tertiary/aromatic N) is 2. The Hall–Kier alpha value is -1.59. The number of nitrogens with one attached hydrogen (secondary N) is 1. The monoisotopic (exact) mass is 355 g/mol. The number of amides is 1. The zero-order valence-corrected chi connectivity index (χ0v) is 14.1. The van der Waals surface area contributed by atoms with Gasteiger partial charge in [0.05, 0.1) is 18.0 Å². The molecule has 8 heteroatoms.